The fraction of sp³-hybridized carbons (Fsp3) is 0.200. The van der Waals surface area contributed by atoms with E-state index in [0.29, 0.717) is 33.6 Å². The number of fused-ring (bicyclic) bond motifs is 3. The summed E-state index contributed by atoms with van der Waals surface area (Å²) in [6.07, 6.45) is 0.793. The van der Waals surface area contributed by atoms with Gasteiger partial charge in [-0.2, -0.15) is 0 Å². The SMILES string of the molecule is CCC(C)NC(=O)c1ccccc1NC(=O)c1ccc2c(c1)-c1ccccc1S(=O)(=O)N2C. The van der Waals surface area contributed by atoms with Crippen LogP contribution >= 0.6 is 0 Å². The van der Waals surface area contributed by atoms with Crippen LogP contribution in [0.15, 0.2) is 71.6 Å². The molecule has 8 heteroatoms. The van der Waals surface area contributed by atoms with E-state index in [-0.39, 0.29) is 16.8 Å². The Labute approximate surface area is 193 Å². The van der Waals surface area contributed by atoms with Gasteiger partial charge in [-0.05, 0) is 49.7 Å². The number of anilines is 2. The number of hydrogen-bond acceptors (Lipinski definition) is 4. The molecular weight excluding hydrogens is 438 g/mol. The number of benzene rings is 3. The molecule has 33 heavy (non-hydrogen) atoms. The summed E-state index contributed by atoms with van der Waals surface area (Å²) in [6.45, 7) is 3.90. The first kappa shape index (κ1) is 22.5. The van der Waals surface area contributed by atoms with Gasteiger partial charge in [0.2, 0.25) is 0 Å². The molecule has 0 aliphatic carbocycles. The van der Waals surface area contributed by atoms with Gasteiger partial charge in [0.05, 0.1) is 21.8 Å². The predicted octanol–water partition coefficient (Wildman–Crippen LogP) is 4.27. The van der Waals surface area contributed by atoms with Crippen LogP contribution in [0.5, 0.6) is 0 Å². The van der Waals surface area contributed by atoms with Crippen LogP contribution < -0.4 is 14.9 Å². The second-order valence-corrected chi connectivity index (χ2v) is 9.92. The van der Waals surface area contributed by atoms with Crippen molar-refractivity contribution in [1.29, 1.82) is 0 Å². The molecule has 2 amide bonds. The lowest BCUT2D eigenvalue weighted by atomic mass is 10.00. The number of nitrogens with zero attached hydrogens (tertiary/aromatic N) is 1. The summed E-state index contributed by atoms with van der Waals surface area (Å²) in [5.74, 6) is -0.651. The molecule has 0 saturated carbocycles. The Bertz CT molecular complexity index is 1350. The van der Waals surface area contributed by atoms with E-state index in [2.05, 4.69) is 10.6 Å². The third-order valence-corrected chi connectivity index (χ3v) is 7.65. The molecule has 0 fully saturated rings. The second kappa shape index (κ2) is 8.71. The van der Waals surface area contributed by atoms with Crippen LogP contribution in [0.1, 0.15) is 41.0 Å². The molecule has 7 nitrogen and oxygen atoms in total. The molecule has 1 aliphatic heterocycles. The minimum Gasteiger partial charge on any atom is -0.350 e. The molecule has 1 atom stereocenters. The number of sulfonamides is 1. The highest BCUT2D eigenvalue weighted by Crippen LogP contribution is 2.42. The Hall–Kier alpha value is -3.65. The minimum absolute atomic E-state index is 0.00948. The van der Waals surface area contributed by atoms with Gasteiger partial charge in [-0.25, -0.2) is 8.42 Å². The molecule has 170 valence electrons. The standard InChI is InChI=1S/C25H25N3O4S/c1-4-16(2)26-25(30)19-10-5-7-11-21(19)27-24(29)17-13-14-22-20(15-17)18-9-6-8-12-23(18)33(31,32)28(22)3/h5-16H,4H2,1-3H3,(H,26,30)(H,27,29). The minimum atomic E-state index is -3.65. The number of carbonyl (C=O) groups excluding carboxylic acids is 2. The number of rotatable bonds is 5. The zero-order chi connectivity index (χ0) is 23.8. The van der Waals surface area contributed by atoms with Crippen molar-refractivity contribution in [3.05, 3.63) is 77.9 Å². The maximum atomic E-state index is 13.1. The van der Waals surface area contributed by atoms with Crippen molar-refractivity contribution < 1.29 is 18.0 Å². The first-order chi connectivity index (χ1) is 15.7. The quantitative estimate of drug-likeness (QED) is 0.591. The fourth-order valence-electron chi connectivity index (χ4n) is 3.75. The fourth-order valence-corrected chi connectivity index (χ4v) is 5.17. The van der Waals surface area contributed by atoms with Gasteiger partial charge < -0.3 is 10.6 Å². The number of carbonyl (C=O) groups is 2. The van der Waals surface area contributed by atoms with Crippen LogP contribution in [0, 0.1) is 0 Å². The summed E-state index contributed by atoms with van der Waals surface area (Å²) in [5, 5.41) is 5.74. The van der Waals surface area contributed by atoms with Crippen LogP contribution in [-0.4, -0.2) is 33.3 Å². The third kappa shape index (κ3) is 4.09. The van der Waals surface area contributed by atoms with Gasteiger partial charge in [0.1, 0.15) is 0 Å². The normalized spacial score (nSPS) is 14.6. The lowest BCUT2D eigenvalue weighted by molar-refractivity contribution is 0.0940. The van der Waals surface area contributed by atoms with Crippen LogP contribution in [0.3, 0.4) is 0 Å². The van der Waals surface area contributed by atoms with Crippen LogP contribution in [0.2, 0.25) is 0 Å². The van der Waals surface area contributed by atoms with E-state index in [1.54, 1.807) is 66.7 Å². The van der Waals surface area contributed by atoms with E-state index in [1.807, 2.05) is 13.8 Å². The summed E-state index contributed by atoms with van der Waals surface area (Å²) < 4.78 is 26.9. The summed E-state index contributed by atoms with van der Waals surface area (Å²) in [5.41, 5.74) is 2.83. The Balaban J connectivity index is 1.68. The van der Waals surface area contributed by atoms with Crippen molar-refractivity contribution in [2.75, 3.05) is 16.7 Å². The first-order valence-corrected chi connectivity index (χ1v) is 12.1. The number of hydrogen-bond donors (Lipinski definition) is 2. The van der Waals surface area contributed by atoms with E-state index >= 15 is 0 Å². The summed E-state index contributed by atoms with van der Waals surface area (Å²) in [7, 11) is -2.16. The van der Waals surface area contributed by atoms with Crippen molar-refractivity contribution in [2.24, 2.45) is 0 Å². The van der Waals surface area contributed by atoms with Gasteiger partial charge in [-0.1, -0.05) is 37.3 Å². The second-order valence-electron chi connectivity index (χ2n) is 7.98. The van der Waals surface area contributed by atoms with Gasteiger partial charge in [0, 0.05) is 29.8 Å². The molecule has 1 unspecified atom stereocenters. The Morgan fingerprint density at radius 1 is 0.939 bits per heavy atom. The lowest BCUT2D eigenvalue weighted by Gasteiger charge is -2.29. The molecule has 1 aliphatic rings. The molecule has 1 heterocycles. The highest BCUT2D eigenvalue weighted by Gasteiger charge is 2.32. The smallest absolute Gasteiger partial charge is 0.264 e. The molecule has 0 saturated heterocycles. The van der Waals surface area contributed by atoms with E-state index in [1.165, 1.54) is 11.4 Å². The lowest BCUT2D eigenvalue weighted by Crippen LogP contribution is -2.32. The summed E-state index contributed by atoms with van der Waals surface area (Å²) in [4.78, 5) is 26.0. The molecule has 0 radical (unpaired) electrons. The van der Waals surface area contributed by atoms with Gasteiger partial charge in [-0.3, -0.25) is 13.9 Å². The third-order valence-electron chi connectivity index (χ3n) is 5.82. The average Bonchev–Trinajstić information content (AvgIpc) is 2.82. The zero-order valence-electron chi connectivity index (χ0n) is 18.6. The van der Waals surface area contributed by atoms with Crippen LogP contribution in [0.4, 0.5) is 11.4 Å². The first-order valence-electron chi connectivity index (χ1n) is 10.7. The highest BCUT2D eigenvalue weighted by atomic mass is 32.2. The van der Waals surface area contributed by atoms with Crippen molar-refractivity contribution in [3.63, 3.8) is 0 Å². The predicted molar refractivity (Wildman–Crippen MR) is 129 cm³/mol. The monoisotopic (exact) mass is 463 g/mol. The molecular formula is C25H25N3O4S. The van der Waals surface area contributed by atoms with E-state index in [0.717, 1.165) is 6.42 Å². The average molecular weight is 464 g/mol. The Morgan fingerprint density at radius 3 is 2.39 bits per heavy atom. The van der Waals surface area contributed by atoms with Gasteiger partial charge in [-0.15, -0.1) is 0 Å². The largest absolute Gasteiger partial charge is 0.350 e. The maximum Gasteiger partial charge on any atom is 0.264 e. The molecule has 0 aromatic heterocycles. The van der Waals surface area contributed by atoms with Gasteiger partial charge in [0.25, 0.3) is 21.8 Å². The number of para-hydroxylation sites is 1. The van der Waals surface area contributed by atoms with Crippen molar-refractivity contribution >= 4 is 33.2 Å². The topological polar surface area (TPSA) is 95.6 Å². The molecule has 3 aromatic carbocycles. The number of amides is 2. The molecule has 2 N–H and O–H groups in total. The Kier molecular flexibility index (Phi) is 5.95. The van der Waals surface area contributed by atoms with Gasteiger partial charge in [0.15, 0.2) is 0 Å². The van der Waals surface area contributed by atoms with Crippen molar-refractivity contribution in [3.8, 4) is 11.1 Å². The zero-order valence-corrected chi connectivity index (χ0v) is 19.4. The highest BCUT2D eigenvalue weighted by molar-refractivity contribution is 7.93. The van der Waals surface area contributed by atoms with Crippen molar-refractivity contribution in [2.45, 2.75) is 31.2 Å². The molecule has 3 aromatic rings. The van der Waals surface area contributed by atoms with E-state index in [4.69, 9.17) is 0 Å². The molecule has 0 spiro atoms. The van der Waals surface area contributed by atoms with Crippen LogP contribution in [-0.2, 0) is 10.0 Å². The molecule has 4 rings (SSSR count). The van der Waals surface area contributed by atoms with Crippen LogP contribution in [0.25, 0.3) is 11.1 Å². The Morgan fingerprint density at radius 2 is 1.64 bits per heavy atom. The van der Waals surface area contributed by atoms with E-state index < -0.39 is 15.9 Å². The van der Waals surface area contributed by atoms with Gasteiger partial charge >= 0.3 is 0 Å². The molecule has 0 bridgehead atoms. The summed E-state index contributed by atoms with van der Waals surface area (Å²) >= 11 is 0. The van der Waals surface area contributed by atoms with Crippen molar-refractivity contribution in [1.82, 2.24) is 5.32 Å². The maximum absolute atomic E-state index is 13.1. The summed E-state index contributed by atoms with van der Waals surface area (Å²) in [6, 6.07) is 18.5. The van der Waals surface area contributed by atoms with E-state index in [9.17, 15) is 18.0 Å². The number of nitrogens with one attached hydrogen (secondary N) is 2.